The molecule has 0 radical (unpaired) electrons. The lowest BCUT2D eigenvalue weighted by molar-refractivity contribution is -0.419. The van der Waals surface area contributed by atoms with Crippen molar-refractivity contribution in [2.24, 2.45) is 17.3 Å². The fraction of sp³-hybridized carbons (Fsp3) is 0.667. The van der Waals surface area contributed by atoms with Gasteiger partial charge in [0, 0.05) is 49.7 Å². The predicted octanol–water partition coefficient (Wildman–Crippen LogP) is 4.04. The predicted molar refractivity (Wildman–Crippen MR) is 112 cm³/mol. The van der Waals surface area contributed by atoms with E-state index in [1.54, 1.807) is 12.2 Å². The molecule has 154 valence electrons. The van der Waals surface area contributed by atoms with Crippen LogP contribution >= 0.6 is 0 Å². The van der Waals surface area contributed by atoms with Crippen LogP contribution in [0.2, 0.25) is 0 Å². The Hall–Kier alpha value is -1.95. The van der Waals surface area contributed by atoms with Gasteiger partial charge in [-0.05, 0) is 5.92 Å². The van der Waals surface area contributed by atoms with Crippen LogP contribution in [0.25, 0.3) is 0 Å². The Morgan fingerprint density at radius 2 is 1.74 bits per heavy atom. The molecule has 1 aliphatic carbocycles. The molecule has 1 N–H and O–H groups in total. The molecule has 1 heterocycles. The van der Waals surface area contributed by atoms with Crippen LogP contribution in [0.3, 0.4) is 0 Å². The summed E-state index contributed by atoms with van der Waals surface area (Å²) in [5, 5.41) is 14.2. The SMILES string of the molecule is CC.CC.CC(C(=O)N1CCNCC1)C(C)C1(C)C=CC=C([N+](=O)[O-])C=C1. The van der Waals surface area contributed by atoms with Crippen molar-refractivity contribution < 1.29 is 9.72 Å². The number of hydrogen-bond acceptors (Lipinski definition) is 4. The van der Waals surface area contributed by atoms with Crippen molar-refractivity contribution in [1.29, 1.82) is 0 Å². The highest BCUT2D eigenvalue weighted by atomic mass is 16.6. The third-order valence-corrected chi connectivity index (χ3v) is 5.10. The Kier molecular flexibility index (Phi) is 11.5. The average molecular weight is 380 g/mol. The second kappa shape index (κ2) is 12.4. The fourth-order valence-corrected chi connectivity index (χ4v) is 3.08. The van der Waals surface area contributed by atoms with E-state index >= 15 is 0 Å². The highest BCUT2D eigenvalue weighted by Gasteiger charge is 2.36. The van der Waals surface area contributed by atoms with Crippen LogP contribution in [0.15, 0.2) is 36.1 Å². The Balaban J connectivity index is 0.00000158. The van der Waals surface area contributed by atoms with Gasteiger partial charge in [0.2, 0.25) is 5.91 Å². The second-order valence-electron chi connectivity index (χ2n) is 6.56. The number of piperazine rings is 1. The van der Waals surface area contributed by atoms with Crippen LogP contribution in [0.5, 0.6) is 0 Å². The zero-order valence-corrected chi connectivity index (χ0v) is 18.0. The van der Waals surface area contributed by atoms with Crippen molar-refractivity contribution in [3.63, 3.8) is 0 Å². The molecule has 0 saturated carbocycles. The molecule has 1 saturated heterocycles. The highest BCUT2D eigenvalue weighted by molar-refractivity contribution is 5.79. The molecular weight excluding hydrogens is 342 g/mol. The largest absolute Gasteiger partial charge is 0.340 e. The van der Waals surface area contributed by atoms with Crippen molar-refractivity contribution >= 4 is 5.91 Å². The van der Waals surface area contributed by atoms with Gasteiger partial charge in [0.05, 0.1) is 4.92 Å². The monoisotopic (exact) mass is 379 g/mol. The van der Waals surface area contributed by atoms with Crippen molar-refractivity contribution in [2.75, 3.05) is 26.2 Å². The number of nitrogens with one attached hydrogen (secondary N) is 1. The van der Waals surface area contributed by atoms with Gasteiger partial charge in [-0.2, -0.15) is 0 Å². The van der Waals surface area contributed by atoms with Gasteiger partial charge < -0.3 is 10.2 Å². The Labute approximate surface area is 164 Å². The first-order chi connectivity index (χ1) is 12.8. The molecule has 0 aromatic rings. The molecule has 2 rings (SSSR count). The summed E-state index contributed by atoms with van der Waals surface area (Å²) in [7, 11) is 0. The summed E-state index contributed by atoms with van der Waals surface area (Å²) in [6, 6.07) is 0. The molecule has 1 aliphatic heterocycles. The first-order valence-corrected chi connectivity index (χ1v) is 10.1. The topological polar surface area (TPSA) is 75.5 Å². The minimum atomic E-state index is -0.396. The number of carbonyl (C=O) groups is 1. The van der Waals surface area contributed by atoms with E-state index in [0.29, 0.717) is 0 Å². The summed E-state index contributed by atoms with van der Waals surface area (Å²) in [5.41, 5.74) is -0.324. The molecule has 2 aliphatic rings. The maximum absolute atomic E-state index is 12.7. The Bertz CT molecular complexity index is 563. The molecule has 1 fully saturated rings. The molecular formula is C21H37N3O3. The third-order valence-electron chi connectivity index (χ3n) is 5.10. The van der Waals surface area contributed by atoms with Gasteiger partial charge in [-0.1, -0.05) is 66.7 Å². The van der Waals surface area contributed by atoms with E-state index < -0.39 is 10.3 Å². The maximum atomic E-state index is 12.7. The van der Waals surface area contributed by atoms with Gasteiger partial charge in [0.25, 0.3) is 5.70 Å². The highest BCUT2D eigenvalue weighted by Crippen LogP contribution is 2.38. The second-order valence-corrected chi connectivity index (χ2v) is 6.56. The van der Waals surface area contributed by atoms with Crippen LogP contribution in [-0.2, 0) is 4.79 Å². The van der Waals surface area contributed by atoms with Crippen LogP contribution in [0, 0.1) is 27.4 Å². The normalized spacial score (nSPS) is 23.5. The van der Waals surface area contributed by atoms with Gasteiger partial charge >= 0.3 is 0 Å². The van der Waals surface area contributed by atoms with Crippen LogP contribution < -0.4 is 5.32 Å². The van der Waals surface area contributed by atoms with E-state index in [1.807, 2.05) is 65.5 Å². The summed E-state index contributed by atoms with van der Waals surface area (Å²) in [6.07, 6.45) is 8.55. The lowest BCUT2D eigenvalue weighted by Crippen LogP contribution is -2.49. The standard InChI is InChI=1S/C17H25N3O3.2C2H6/c1-13(16(21)19-11-9-18-10-12-19)14(2)17(3)7-4-5-15(6-8-17)20(22)23;2*1-2/h4-8,13-14,18H,9-12H2,1-3H3;2*1-2H3. The molecule has 0 spiro atoms. The van der Waals surface area contributed by atoms with Crippen molar-refractivity contribution in [2.45, 2.75) is 48.5 Å². The van der Waals surface area contributed by atoms with Gasteiger partial charge in [-0.25, -0.2) is 0 Å². The van der Waals surface area contributed by atoms with Gasteiger partial charge in [0.1, 0.15) is 0 Å². The quantitative estimate of drug-likeness (QED) is 0.591. The van der Waals surface area contributed by atoms with Crippen LogP contribution in [-0.4, -0.2) is 41.9 Å². The van der Waals surface area contributed by atoms with E-state index in [9.17, 15) is 14.9 Å². The molecule has 0 bridgehead atoms. The average Bonchev–Trinajstić information content (AvgIpc) is 2.92. The van der Waals surface area contributed by atoms with E-state index in [2.05, 4.69) is 5.32 Å². The summed E-state index contributed by atoms with van der Waals surface area (Å²) in [5.74, 6) is 0.0511. The van der Waals surface area contributed by atoms with Crippen LogP contribution in [0.1, 0.15) is 48.5 Å². The molecule has 3 atom stereocenters. The number of amides is 1. The third kappa shape index (κ3) is 6.94. The molecule has 0 aromatic heterocycles. The molecule has 1 amide bonds. The molecule has 27 heavy (non-hydrogen) atoms. The summed E-state index contributed by atoms with van der Waals surface area (Å²) < 4.78 is 0. The molecule has 6 nitrogen and oxygen atoms in total. The number of allylic oxidation sites excluding steroid dienone is 5. The summed E-state index contributed by atoms with van der Waals surface area (Å²) in [4.78, 5) is 25.1. The van der Waals surface area contributed by atoms with Crippen molar-refractivity contribution in [3.05, 3.63) is 46.2 Å². The molecule has 0 aromatic carbocycles. The van der Waals surface area contributed by atoms with E-state index in [0.717, 1.165) is 26.2 Å². The first kappa shape index (κ1) is 25.1. The number of hydrogen-bond donors (Lipinski definition) is 1. The van der Waals surface area contributed by atoms with E-state index in [-0.39, 0.29) is 23.4 Å². The minimum Gasteiger partial charge on any atom is -0.340 e. The molecule has 3 unspecified atom stereocenters. The van der Waals surface area contributed by atoms with Crippen molar-refractivity contribution in [1.82, 2.24) is 10.2 Å². The zero-order chi connectivity index (χ0) is 21.0. The van der Waals surface area contributed by atoms with Crippen molar-refractivity contribution in [3.8, 4) is 0 Å². The summed E-state index contributed by atoms with van der Waals surface area (Å²) in [6.45, 7) is 17.2. The van der Waals surface area contributed by atoms with E-state index in [1.165, 1.54) is 6.08 Å². The fourth-order valence-electron chi connectivity index (χ4n) is 3.08. The Morgan fingerprint density at radius 3 is 2.26 bits per heavy atom. The first-order valence-electron chi connectivity index (χ1n) is 10.1. The van der Waals surface area contributed by atoms with Gasteiger partial charge in [-0.3, -0.25) is 14.9 Å². The number of carbonyl (C=O) groups excluding carboxylic acids is 1. The lowest BCUT2D eigenvalue weighted by Gasteiger charge is -2.37. The molecule has 6 heteroatoms. The number of nitro groups is 1. The number of nitrogens with zero attached hydrogens (tertiary/aromatic N) is 2. The lowest BCUT2D eigenvalue weighted by atomic mass is 9.71. The number of rotatable bonds is 4. The Morgan fingerprint density at radius 1 is 1.19 bits per heavy atom. The summed E-state index contributed by atoms with van der Waals surface area (Å²) >= 11 is 0. The smallest absolute Gasteiger partial charge is 0.269 e. The van der Waals surface area contributed by atoms with Gasteiger partial charge in [-0.15, -0.1) is 0 Å². The maximum Gasteiger partial charge on any atom is 0.269 e. The minimum absolute atomic E-state index is 0.0388. The zero-order valence-electron chi connectivity index (χ0n) is 18.0. The van der Waals surface area contributed by atoms with Crippen LogP contribution in [0.4, 0.5) is 0 Å². The van der Waals surface area contributed by atoms with E-state index in [4.69, 9.17) is 0 Å². The van der Waals surface area contributed by atoms with Gasteiger partial charge in [0.15, 0.2) is 0 Å².